The molecular weight excluding hydrogens is 290 g/mol. The molecule has 0 aromatic heterocycles. The fraction of sp³-hybridized carbons (Fsp3) is 0.571. The largest absolute Gasteiger partial charge is 0.435 e. The highest BCUT2D eigenvalue weighted by Crippen LogP contribution is 2.30. The first kappa shape index (κ1) is 15.9. The summed E-state index contributed by atoms with van der Waals surface area (Å²) in [6, 6.07) is 4.17. The Balaban J connectivity index is 2.03. The number of rotatable bonds is 7. The van der Waals surface area contributed by atoms with Crippen LogP contribution >= 0.6 is 0 Å². The van der Waals surface area contributed by atoms with Crippen molar-refractivity contribution in [3.63, 3.8) is 0 Å². The molecule has 1 aliphatic carbocycles. The smallest absolute Gasteiger partial charge is 0.387 e. The Bertz CT molecular complexity index is 464. The van der Waals surface area contributed by atoms with Gasteiger partial charge in [0.15, 0.2) is 0 Å². The quantitative estimate of drug-likeness (QED) is 0.778. The van der Waals surface area contributed by atoms with Gasteiger partial charge in [-0.15, -0.1) is 0 Å². The molecule has 1 N–H and O–H groups in total. The second-order valence-corrected chi connectivity index (χ2v) is 5.18. The maximum Gasteiger partial charge on any atom is 0.387 e. The molecular formula is C14H17F4NO2. The number of halogens is 4. The lowest BCUT2D eigenvalue weighted by Crippen LogP contribution is -2.39. The van der Waals surface area contributed by atoms with Crippen LogP contribution in [0.25, 0.3) is 0 Å². The van der Waals surface area contributed by atoms with E-state index in [1.54, 1.807) is 0 Å². The Morgan fingerprint density at radius 1 is 1.14 bits per heavy atom. The average Bonchev–Trinajstić information content (AvgIpc) is 2.33. The van der Waals surface area contributed by atoms with E-state index in [4.69, 9.17) is 0 Å². The number of ether oxygens (including phenoxy) is 2. The lowest BCUT2D eigenvalue weighted by atomic mass is 9.82. The van der Waals surface area contributed by atoms with Crippen LogP contribution in [0, 0.1) is 5.92 Å². The van der Waals surface area contributed by atoms with Gasteiger partial charge in [0.25, 0.3) is 0 Å². The first-order chi connectivity index (χ1) is 9.94. The lowest BCUT2D eigenvalue weighted by molar-refractivity contribution is -0.0547. The van der Waals surface area contributed by atoms with Crippen molar-refractivity contribution < 1.29 is 27.0 Å². The first-order valence-corrected chi connectivity index (χ1v) is 6.70. The molecule has 2 rings (SSSR count). The summed E-state index contributed by atoms with van der Waals surface area (Å²) in [5.74, 6) is 0.311. The lowest BCUT2D eigenvalue weighted by Gasteiger charge is -2.33. The third-order valence-corrected chi connectivity index (χ3v) is 3.43. The molecule has 0 amide bonds. The molecule has 0 bridgehead atoms. The molecule has 0 unspecified atom stereocenters. The van der Waals surface area contributed by atoms with Gasteiger partial charge in [-0.1, -0.05) is 13.0 Å². The minimum absolute atomic E-state index is 0.150. The van der Waals surface area contributed by atoms with Gasteiger partial charge >= 0.3 is 13.2 Å². The van der Waals surface area contributed by atoms with Crippen LogP contribution in [0.5, 0.6) is 11.5 Å². The number of benzene rings is 1. The third kappa shape index (κ3) is 4.77. The van der Waals surface area contributed by atoms with E-state index >= 15 is 0 Å². The highest BCUT2D eigenvalue weighted by molar-refractivity contribution is 5.40. The number of nitrogens with one attached hydrogen (secondary N) is 1. The highest BCUT2D eigenvalue weighted by atomic mass is 19.3. The van der Waals surface area contributed by atoms with Gasteiger partial charge in [0.2, 0.25) is 0 Å². The van der Waals surface area contributed by atoms with Crippen molar-refractivity contribution in [3.8, 4) is 11.5 Å². The van der Waals surface area contributed by atoms with Crippen LogP contribution in [0.4, 0.5) is 17.6 Å². The number of hydrogen-bond acceptors (Lipinski definition) is 3. The minimum atomic E-state index is -3.02. The summed E-state index contributed by atoms with van der Waals surface area (Å²) in [6.07, 6.45) is 2.08. The maximum atomic E-state index is 12.4. The summed E-state index contributed by atoms with van der Waals surface area (Å²) < 4.78 is 57.6. The van der Waals surface area contributed by atoms with Crippen LogP contribution in [0.2, 0.25) is 0 Å². The molecule has 0 atom stereocenters. The van der Waals surface area contributed by atoms with Gasteiger partial charge in [-0.05, 0) is 24.8 Å². The summed E-state index contributed by atoms with van der Waals surface area (Å²) in [7, 11) is 0. The van der Waals surface area contributed by atoms with Crippen molar-refractivity contribution >= 4 is 0 Å². The van der Waals surface area contributed by atoms with E-state index in [9.17, 15) is 17.6 Å². The van der Waals surface area contributed by atoms with Gasteiger partial charge in [0, 0.05) is 24.2 Å². The van der Waals surface area contributed by atoms with E-state index in [0.29, 0.717) is 24.1 Å². The van der Waals surface area contributed by atoms with E-state index < -0.39 is 13.2 Å². The second-order valence-electron chi connectivity index (χ2n) is 5.18. The van der Waals surface area contributed by atoms with Crippen LogP contribution in [0.3, 0.4) is 0 Å². The Labute approximate surface area is 120 Å². The minimum Gasteiger partial charge on any atom is -0.435 e. The molecule has 0 heterocycles. The van der Waals surface area contributed by atoms with Crippen molar-refractivity contribution in [3.05, 3.63) is 23.8 Å². The van der Waals surface area contributed by atoms with Gasteiger partial charge in [-0.3, -0.25) is 0 Å². The molecule has 1 aromatic rings. The third-order valence-electron chi connectivity index (χ3n) is 3.43. The molecule has 21 heavy (non-hydrogen) atoms. The molecule has 0 saturated heterocycles. The van der Waals surface area contributed by atoms with E-state index in [1.165, 1.54) is 12.1 Å². The van der Waals surface area contributed by atoms with Gasteiger partial charge < -0.3 is 14.8 Å². The fourth-order valence-electron chi connectivity index (χ4n) is 2.39. The van der Waals surface area contributed by atoms with Gasteiger partial charge in [-0.25, -0.2) is 0 Å². The van der Waals surface area contributed by atoms with Crippen LogP contribution in [0.15, 0.2) is 18.2 Å². The second kappa shape index (κ2) is 6.98. The Hall–Kier alpha value is -1.50. The van der Waals surface area contributed by atoms with Gasteiger partial charge in [0.05, 0.1) is 0 Å². The maximum absolute atomic E-state index is 12.4. The molecule has 1 fully saturated rings. The molecule has 3 nitrogen and oxygen atoms in total. The van der Waals surface area contributed by atoms with Crippen LogP contribution in [0.1, 0.15) is 25.3 Å². The standard InChI is InChI=1S/C14H17F4NO2/c1-8-4-10(5-8)19-7-9-2-3-11(20-13(15)16)6-12(9)21-14(17)18/h2-3,6,8,10,13-14,19H,4-5,7H2,1H3. The zero-order chi connectivity index (χ0) is 15.4. The van der Waals surface area contributed by atoms with Crippen molar-refractivity contribution in [1.29, 1.82) is 0 Å². The topological polar surface area (TPSA) is 30.5 Å². The zero-order valence-corrected chi connectivity index (χ0v) is 11.5. The summed E-state index contributed by atoms with van der Waals surface area (Å²) >= 11 is 0. The monoisotopic (exact) mass is 307 g/mol. The van der Waals surface area contributed by atoms with E-state index in [2.05, 4.69) is 21.7 Å². The Kier molecular flexibility index (Phi) is 5.27. The van der Waals surface area contributed by atoms with Crippen molar-refractivity contribution in [2.24, 2.45) is 5.92 Å². The van der Waals surface area contributed by atoms with Crippen LogP contribution in [-0.4, -0.2) is 19.3 Å². The molecule has 1 aliphatic rings. The van der Waals surface area contributed by atoms with Crippen molar-refractivity contribution in [1.82, 2.24) is 5.32 Å². The molecule has 1 saturated carbocycles. The normalized spacial score (nSPS) is 21.5. The van der Waals surface area contributed by atoms with E-state index in [0.717, 1.165) is 18.9 Å². The summed E-state index contributed by atoms with van der Waals surface area (Å²) in [5, 5.41) is 3.23. The van der Waals surface area contributed by atoms with Crippen LogP contribution < -0.4 is 14.8 Å². The summed E-state index contributed by atoms with van der Waals surface area (Å²) in [6.45, 7) is -3.55. The predicted octanol–water partition coefficient (Wildman–Crippen LogP) is 3.78. The molecule has 0 aliphatic heterocycles. The predicted molar refractivity (Wildman–Crippen MR) is 68.7 cm³/mol. The molecule has 0 spiro atoms. The zero-order valence-electron chi connectivity index (χ0n) is 11.5. The summed E-state index contributed by atoms with van der Waals surface area (Å²) in [4.78, 5) is 0. The van der Waals surface area contributed by atoms with Gasteiger partial charge in [-0.2, -0.15) is 17.6 Å². The van der Waals surface area contributed by atoms with Crippen molar-refractivity contribution in [2.75, 3.05) is 0 Å². The fourth-order valence-corrected chi connectivity index (χ4v) is 2.39. The summed E-state index contributed by atoms with van der Waals surface area (Å²) in [5.41, 5.74) is 0.483. The molecule has 7 heteroatoms. The molecule has 118 valence electrons. The average molecular weight is 307 g/mol. The van der Waals surface area contributed by atoms with Gasteiger partial charge in [0.1, 0.15) is 11.5 Å². The number of alkyl halides is 4. The highest BCUT2D eigenvalue weighted by Gasteiger charge is 2.25. The van der Waals surface area contributed by atoms with E-state index in [1.807, 2.05) is 0 Å². The molecule has 1 aromatic carbocycles. The number of hydrogen-bond donors (Lipinski definition) is 1. The first-order valence-electron chi connectivity index (χ1n) is 6.70. The Morgan fingerprint density at radius 3 is 2.38 bits per heavy atom. The molecule has 0 radical (unpaired) electrons. The van der Waals surface area contributed by atoms with Crippen molar-refractivity contribution in [2.45, 2.75) is 45.6 Å². The van der Waals surface area contributed by atoms with E-state index in [-0.39, 0.29) is 11.5 Å². The SMILES string of the molecule is CC1CC(NCc2ccc(OC(F)F)cc2OC(F)F)C1. The van der Waals surface area contributed by atoms with Crippen LogP contribution in [-0.2, 0) is 6.54 Å². The Morgan fingerprint density at radius 2 is 1.81 bits per heavy atom.